The first-order valence-corrected chi connectivity index (χ1v) is 12.4. The Bertz CT molecular complexity index is 498. The molecular weight excluding hydrogens is 346 g/mol. The second kappa shape index (κ2) is 9.69. The Kier molecular flexibility index (Phi) is 9.27. The number of hydrogen-bond acceptors (Lipinski definition) is 4. The zero-order valence-electron chi connectivity index (χ0n) is 18.5. The van der Waals surface area contributed by atoms with Gasteiger partial charge in [0.05, 0.1) is 6.10 Å². The van der Waals surface area contributed by atoms with E-state index >= 15 is 0 Å². The zero-order valence-corrected chi connectivity index (χ0v) is 19.5. The number of ketones is 1. The minimum Gasteiger partial charge on any atom is -0.435 e. The zero-order chi connectivity index (χ0) is 20.9. The van der Waals surface area contributed by atoms with Crippen LogP contribution in [0.3, 0.4) is 0 Å². The number of allylic oxidation sites excluding steroid dienone is 1. The highest BCUT2D eigenvalue weighted by Crippen LogP contribution is 2.37. The van der Waals surface area contributed by atoms with Crippen molar-refractivity contribution in [3.05, 3.63) is 12.2 Å². The van der Waals surface area contributed by atoms with Gasteiger partial charge in [0, 0.05) is 12.1 Å². The molecule has 0 saturated heterocycles. The summed E-state index contributed by atoms with van der Waals surface area (Å²) in [6.45, 7) is 22.0. The normalized spacial score (nSPS) is 15.4. The van der Waals surface area contributed by atoms with Gasteiger partial charge in [0.2, 0.25) is 0 Å². The van der Waals surface area contributed by atoms with Gasteiger partial charge in [0.15, 0.2) is 20.2 Å². The van der Waals surface area contributed by atoms with Gasteiger partial charge in [0.1, 0.15) is 0 Å². The van der Waals surface area contributed by atoms with Crippen LogP contribution < -0.4 is 0 Å². The largest absolute Gasteiger partial charge is 0.435 e. The van der Waals surface area contributed by atoms with E-state index in [4.69, 9.17) is 9.16 Å². The Morgan fingerprint density at radius 2 is 1.46 bits per heavy atom. The average Bonchev–Trinajstić information content (AvgIpc) is 2.42. The van der Waals surface area contributed by atoms with Gasteiger partial charge >= 0.3 is 6.09 Å². The van der Waals surface area contributed by atoms with Crippen LogP contribution in [-0.4, -0.2) is 49.4 Å². The second-order valence-corrected chi connectivity index (χ2v) is 13.6. The van der Waals surface area contributed by atoms with Crippen LogP contribution >= 0.6 is 0 Å². The molecule has 0 aromatic heterocycles. The van der Waals surface area contributed by atoms with Crippen LogP contribution in [0.25, 0.3) is 0 Å². The van der Waals surface area contributed by atoms with Crippen LogP contribution in [-0.2, 0) is 14.0 Å². The summed E-state index contributed by atoms with van der Waals surface area (Å²) in [5.74, 6) is -0.250. The van der Waals surface area contributed by atoms with Crippen molar-refractivity contribution in [1.82, 2.24) is 4.90 Å². The molecule has 0 spiro atoms. The molecule has 0 aliphatic carbocycles. The molecule has 5 nitrogen and oxygen atoms in total. The fourth-order valence-electron chi connectivity index (χ4n) is 2.54. The summed E-state index contributed by atoms with van der Waals surface area (Å²) >= 11 is 0. The molecule has 0 aliphatic rings. The Morgan fingerprint density at radius 1 is 1.00 bits per heavy atom. The van der Waals surface area contributed by atoms with Gasteiger partial charge in [-0.15, -0.1) is 0 Å². The molecule has 6 heteroatoms. The van der Waals surface area contributed by atoms with Crippen molar-refractivity contribution in [1.29, 1.82) is 0 Å². The number of amides is 1. The van der Waals surface area contributed by atoms with Crippen LogP contribution in [0.2, 0.25) is 18.1 Å². The summed E-state index contributed by atoms with van der Waals surface area (Å²) in [5.41, 5.74) is 0. The number of carbonyl (C=O) groups excluding carboxylic acids is 2. The lowest BCUT2D eigenvalue weighted by molar-refractivity contribution is -0.128. The number of nitrogens with zero attached hydrogens (tertiary/aromatic N) is 1. The van der Waals surface area contributed by atoms with Crippen molar-refractivity contribution in [2.24, 2.45) is 0 Å². The van der Waals surface area contributed by atoms with Gasteiger partial charge in [-0.2, -0.15) is 0 Å². The molecule has 1 amide bonds. The van der Waals surface area contributed by atoms with E-state index in [9.17, 15) is 9.59 Å². The van der Waals surface area contributed by atoms with E-state index in [0.717, 1.165) is 0 Å². The molecule has 0 fully saturated rings. The molecule has 0 heterocycles. The molecular formula is C20H39NO4Si. The predicted octanol–water partition coefficient (Wildman–Crippen LogP) is 5.17. The molecule has 2 atom stereocenters. The van der Waals surface area contributed by atoms with Gasteiger partial charge in [-0.3, -0.25) is 4.79 Å². The monoisotopic (exact) mass is 385 g/mol. The fourth-order valence-corrected chi connectivity index (χ4v) is 3.94. The molecule has 0 radical (unpaired) electrons. The van der Waals surface area contributed by atoms with Crippen molar-refractivity contribution in [3.8, 4) is 0 Å². The Labute approximate surface area is 161 Å². The topological polar surface area (TPSA) is 55.8 Å². The third-order valence-corrected chi connectivity index (χ3v) is 9.45. The second-order valence-electron chi connectivity index (χ2n) is 8.88. The molecule has 0 bridgehead atoms. The molecule has 0 unspecified atom stereocenters. The minimum atomic E-state index is -2.10. The summed E-state index contributed by atoms with van der Waals surface area (Å²) < 4.78 is 12.0. The van der Waals surface area contributed by atoms with E-state index in [1.165, 1.54) is 6.08 Å². The molecule has 152 valence electrons. The minimum absolute atomic E-state index is 0.00135. The van der Waals surface area contributed by atoms with Gasteiger partial charge in [0.25, 0.3) is 0 Å². The summed E-state index contributed by atoms with van der Waals surface area (Å²) in [7, 11) is -2.10. The lowest BCUT2D eigenvalue weighted by atomic mass is 10.1. The summed E-state index contributed by atoms with van der Waals surface area (Å²) in [6, 6.07) is -0.0341. The van der Waals surface area contributed by atoms with Crippen LogP contribution in [0.1, 0.15) is 62.3 Å². The molecule has 0 rings (SSSR count). The maximum Gasteiger partial charge on any atom is 0.411 e. The quantitative estimate of drug-likeness (QED) is 0.427. The number of ether oxygens (including phenoxy) is 1. The van der Waals surface area contributed by atoms with E-state index in [-0.39, 0.29) is 22.9 Å². The molecule has 0 aromatic rings. The third kappa shape index (κ3) is 6.87. The van der Waals surface area contributed by atoms with Crippen molar-refractivity contribution in [2.75, 3.05) is 0 Å². The first kappa shape index (κ1) is 24.9. The van der Waals surface area contributed by atoms with Crippen molar-refractivity contribution < 1.29 is 18.8 Å². The summed E-state index contributed by atoms with van der Waals surface area (Å²) in [4.78, 5) is 26.9. The SMILES string of the molecule is C/C=C/C(=O)[C@@H](OC(=O)N(C(C)C)C(C)C)[C@H](C)O[Si](C)(C)C(C)(C)C. The Morgan fingerprint density at radius 3 is 1.81 bits per heavy atom. The van der Waals surface area contributed by atoms with E-state index < -0.39 is 26.6 Å². The van der Waals surface area contributed by atoms with Gasteiger partial charge in [-0.25, -0.2) is 4.79 Å². The van der Waals surface area contributed by atoms with E-state index in [1.807, 2.05) is 34.6 Å². The highest BCUT2D eigenvalue weighted by atomic mass is 28.4. The Balaban J connectivity index is 5.55. The Hall–Kier alpha value is -1.14. The number of carbonyl (C=O) groups is 2. The molecule has 26 heavy (non-hydrogen) atoms. The highest BCUT2D eigenvalue weighted by molar-refractivity contribution is 6.74. The summed E-state index contributed by atoms with van der Waals surface area (Å²) in [5, 5.41) is 0.00135. The first-order valence-electron chi connectivity index (χ1n) is 9.49. The summed E-state index contributed by atoms with van der Waals surface area (Å²) in [6.07, 6.45) is 1.16. The predicted molar refractivity (Wildman–Crippen MR) is 110 cm³/mol. The fraction of sp³-hybridized carbons (Fsp3) is 0.800. The van der Waals surface area contributed by atoms with Crippen LogP contribution in [0.4, 0.5) is 4.79 Å². The average molecular weight is 386 g/mol. The van der Waals surface area contributed by atoms with E-state index in [2.05, 4.69) is 33.9 Å². The van der Waals surface area contributed by atoms with Gasteiger partial charge in [-0.05, 0) is 65.8 Å². The van der Waals surface area contributed by atoms with Crippen LogP contribution in [0.5, 0.6) is 0 Å². The van der Waals surface area contributed by atoms with Crippen LogP contribution in [0, 0.1) is 0 Å². The maximum atomic E-state index is 12.7. The molecule has 0 aliphatic heterocycles. The van der Waals surface area contributed by atoms with Crippen LogP contribution in [0.15, 0.2) is 12.2 Å². The smallest absolute Gasteiger partial charge is 0.411 e. The van der Waals surface area contributed by atoms with E-state index in [1.54, 1.807) is 17.9 Å². The lowest BCUT2D eigenvalue weighted by Gasteiger charge is -2.40. The molecule has 0 aromatic carbocycles. The third-order valence-electron chi connectivity index (χ3n) is 4.88. The standard InChI is InChI=1S/C20H39NO4Si/c1-12-13-17(22)18(16(6)25-26(10,11)20(7,8)9)24-19(23)21(14(2)3)15(4)5/h12-16,18H,1-11H3/b13-12+/t16-,18-/m0/s1. The van der Waals surface area contributed by atoms with Crippen molar-refractivity contribution >= 4 is 20.2 Å². The van der Waals surface area contributed by atoms with Gasteiger partial charge < -0.3 is 14.1 Å². The van der Waals surface area contributed by atoms with E-state index in [0.29, 0.717) is 0 Å². The van der Waals surface area contributed by atoms with Gasteiger partial charge in [-0.1, -0.05) is 26.8 Å². The van der Waals surface area contributed by atoms with Crippen molar-refractivity contribution in [3.63, 3.8) is 0 Å². The lowest BCUT2D eigenvalue weighted by Crippen LogP contribution is -2.51. The molecule has 0 N–H and O–H groups in total. The first-order chi connectivity index (χ1) is 11.7. The van der Waals surface area contributed by atoms with Crippen molar-refractivity contribution in [2.45, 2.75) is 105 Å². The molecule has 0 saturated carbocycles. The maximum absolute atomic E-state index is 12.7. The number of rotatable bonds is 8. The highest BCUT2D eigenvalue weighted by Gasteiger charge is 2.42. The number of hydrogen-bond donors (Lipinski definition) is 0.